The van der Waals surface area contributed by atoms with E-state index in [0.717, 1.165) is 17.1 Å². The summed E-state index contributed by atoms with van der Waals surface area (Å²) in [6, 6.07) is 15.3. The van der Waals surface area contributed by atoms with Gasteiger partial charge in [-0.25, -0.2) is 0 Å². The molecule has 0 saturated heterocycles. The van der Waals surface area contributed by atoms with Gasteiger partial charge in [-0.1, -0.05) is 24.3 Å². The molecule has 2 aromatic rings. The second-order valence-electron chi connectivity index (χ2n) is 3.92. The topological polar surface area (TPSA) is 51.4 Å². The number of rotatable bonds is 3. The van der Waals surface area contributed by atoms with Crippen molar-refractivity contribution in [2.45, 2.75) is 6.92 Å². The molecule has 22 heavy (non-hydrogen) atoms. The number of hydrogen-bond donors (Lipinski definition) is 1. The molecule has 1 heterocycles. The SMILES string of the molecule is CC(=N[N-]C(=[SH+])Nc1ccccc1)c1ccccn1.[Br][Zn][Br]. The van der Waals surface area contributed by atoms with Crippen molar-refractivity contribution >= 4 is 56.0 Å². The quantitative estimate of drug-likeness (QED) is 0.172. The van der Waals surface area contributed by atoms with E-state index >= 15 is 0 Å². The third-order valence-electron chi connectivity index (χ3n) is 2.36. The molecule has 0 spiro atoms. The van der Waals surface area contributed by atoms with Gasteiger partial charge in [-0.05, 0) is 31.2 Å². The predicted molar refractivity (Wildman–Crippen MR) is 101 cm³/mol. The van der Waals surface area contributed by atoms with Gasteiger partial charge in [-0.3, -0.25) is 4.98 Å². The molecule has 4 nitrogen and oxygen atoms in total. The molecule has 0 aliphatic rings. The maximum atomic E-state index is 4.24. The molecular formula is C14H14Br2N4SZn. The standard InChI is InChI=1S/C14H14N4S.2BrH.Zn/c1-11(13-9-5-6-10-15-13)17-18-14(19)16-12-7-3-2-4-8-12;;;/h2-10H,1H3,(H2,15,16,18,19);2*1H;/q;;;+2/p-2. The Hall–Kier alpha value is -0.687. The van der Waals surface area contributed by atoms with E-state index in [-0.39, 0.29) is 13.2 Å². The predicted octanol–water partition coefficient (Wildman–Crippen LogP) is 4.35. The van der Waals surface area contributed by atoms with Crippen LogP contribution in [0.4, 0.5) is 5.69 Å². The van der Waals surface area contributed by atoms with Crippen LogP contribution in [0.15, 0.2) is 59.8 Å². The monoisotopic (exact) mass is 492 g/mol. The number of thiol groups is 1. The average Bonchev–Trinajstić information content (AvgIpc) is 2.55. The first-order valence-corrected chi connectivity index (χ1v) is 20.7. The van der Waals surface area contributed by atoms with Crippen LogP contribution in [-0.4, -0.2) is 15.8 Å². The molecular weight excluding hydrogens is 481 g/mol. The van der Waals surface area contributed by atoms with Gasteiger partial charge in [0.15, 0.2) is 12.2 Å². The molecule has 8 heteroatoms. The Balaban J connectivity index is 0.000000745. The number of pyridine rings is 1. The number of nitrogens with one attached hydrogen (secondary N) is 1. The van der Waals surface area contributed by atoms with Crippen molar-refractivity contribution in [3.8, 4) is 0 Å². The first-order chi connectivity index (χ1) is 10.7. The van der Waals surface area contributed by atoms with Crippen molar-refractivity contribution in [1.29, 1.82) is 0 Å². The second kappa shape index (κ2) is 11.8. The van der Waals surface area contributed by atoms with Crippen LogP contribution in [0.1, 0.15) is 12.6 Å². The van der Waals surface area contributed by atoms with Gasteiger partial charge in [0.05, 0.1) is 5.69 Å². The minimum absolute atomic E-state index is 0.250. The van der Waals surface area contributed by atoms with Crippen LogP contribution in [0.3, 0.4) is 0 Å². The number of halogens is 2. The zero-order chi connectivity index (χ0) is 16.2. The van der Waals surface area contributed by atoms with Crippen LogP contribution in [-0.2, 0) is 25.4 Å². The molecule has 0 amide bonds. The molecule has 112 valence electrons. The molecule has 1 aromatic carbocycles. The van der Waals surface area contributed by atoms with Crippen molar-refractivity contribution in [3.63, 3.8) is 0 Å². The Morgan fingerprint density at radius 3 is 2.41 bits per heavy atom. The molecule has 0 aliphatic heterocycles. The van der Waals surface area contributed by atoms with E-state index in [2.05, 4.69) is 60.3 Å². The van der Waals surface area contributed by atoms with Gasteiger partial charge in [-0.15, -0.1) is 0 Å². The number of para-hydroxylation sites is 1. The zero-order valence-electron chi connectivity index (χ0n) is 11.9. The van der Waals surface area contributed by atoms with Crippen molar-refractivity contribution in [2.75, 3.05) is 5.32 Å². The summed E-state index contributed by atoms with van der Waals surface area (Å²) < 4.78 is 0. The summed E-state index contributed by atoms with van der Waals surface area (Å²) in [5.74, 6) is 0. The van der Waals surface area contributed by atoms with Crippen LogP contribution in [0.5, 0.6) is 0 Å². The Kier molecular flexibility index (Phi) is 10.4. The van der Waals surface area contributed by atoms with Crippen molar-refractivity contribution in [1.82, 2.24) is 4.98 Å². The van der Waals surface area contributed by atoms with Crippen molar-refractivity contribution in [2.24, 2.45) is 5.10 Å². The third kappa shape index (κ3) is 8.08. The van der Waals surface area contributed by atoms with Gasteiger partial charge in [0, 0.05) is 17.6 Å². The Labute approximate surface area is 156 Å². The van der Waals surface area contributed by atoms with Crippen LogP contribution in [0.25, 0.3) is 5.43 Å². The van der Waals surface area contributed by atoms with Crippen LogP contribution in [0.2, 0.25) is 0 Å². The molecule has 0 bridgehead atoms. The molecule has 0 saturated carbocycles. The number of benzene rings is 1. The summed E-state index contributed by atoms with van der Waals surface area (Å²) >= 11 is 10.5. The van der Waals surface area contributed by atoms with Gasteiger partial charge < -0.3 is 15.8 Å². The van der Waals surface area contributed by atoms with Crippen molar-refractivity contribution < 1.29 is 13.2 Å². The summed E-state index contributed by atoms with van der Waals surface area (Å²) in [6.07, 6.45) is 1.72. The fraction of sp³-hybridized carbons (Fsp3) is 0.0714. The zero-order valence-corrected chi connectivity index (χ0v) is 19.0. The summed E-state index contributed by atoms with van der Waals surface area (Å²) in [4.78, 5) is 4.20. The molecule has 1 N–H and O–H groups in total. The van der Waals surface area contributed by atoms with Crippen LogP contribution in [0, 0.1) is 0 Å². The van der Waals surface area contributed by atoms with Gasteiger partial charge in [0.25, 0.3) is 0 Å². The number of nitrogens with zero attached hydrogens (tertiary/aromatic N) is 3. The van der Waals surface area contributed by atoms with Gasteiger partial charge in [-0.2, -0.15) is 0 Å². The summed E-state index contributed by atoms with van der Waals surface area (Å²) in [7, 11) is 0. The minimum atomic E-state index is -0.250. The van der Waals surface area contributed by atoms with Crippen molar-refractivity contribution in [3.05, 3.63) is 65.8 Å². The van der Waals surface area contributed by atoms with E-state index in [1.165, 1.54) is 0 Å². The first kappa shape index (κ1) is 19.4. The molecule has 0 atom stereocenters. The van der Waals surface area contributed by atoms with Crippen LogP contribution < -0.4 is 5.32 Å². The summed E-state index contributed by atoms with van der Waals surface area (Å²) in [6.45, 7) is 1.86. The van der Waals surface area contributed by atoms with Crippen LogP contribution >= 0.6 is 27.2 Å². The molecule has 0 fully saturated rings. The number of anilines is 1. The first-order valence-electron chi connectivity index (χ1n) is 6.34. The van der Waals surface area contributed by atoms with Gasteiger partial charge in [0.1, 0.15) is 0 Å². The Morgan fingerprint density at radius 2 is 1.82 bits per heavy atom. The second-order valence-corrected chi connectivity index (χ2v) is 18.4. The van der Waals surface area contributed by atoms with E-state index < -0.39 is 0 Å². The van der Waals surface area contributed by atoms with E-state index in [0.29, 0.717) is 5.11 Å². The van der Waals surface area contributed by atoms with E-state index in [1.807, 2.05) is 55.5 Å². The average molecular weight is 496 g/mol. The number of aromatic nitrogens is 1. The summed E-state index contributed by atoms with van der Waals surface area (Å²) in [5, 5.41) is 7.56. The van der Waals surface area contributed by atoms with E-state index in [9.17, 15) is 0 Å². The number of hydrogen-bond acceptors (Lipinski definition) is 2. The Bertz CT molecular complexity index is 596. The molecule has 0 unspecified atom stereocenters. The fourth-order valence-electron chi connectivity index (χ4n) is 1.43. The normalized spacial score (nSPS) is 9.86. The van der Waals surface area contributed by atoms with E-state index in [4.69, 9.17) is 0 Å². The summed E-state index contributed by atoms with van der Waals surface area (Å²) in [5.41, 5.74) is 6.47. The molecule has 0 radical (unpaired) electrons. The van der Waals surface area contributed by atoms with Gasteiger partial charge >= 0.3 is 40.5 Å². The van der Waals surface area contributed by atoms with Gasteiger partial charge in [0.2, 0.25) is 5.11 Å². The van der Waals surface area contributed by atoms with E-state index in [1.54, 1.807) is 6.20 Å². The molecule has 2 rings (SSSR count). The Morgan fingerprint density at radius 1 is 1.18 bits per heavy atom. The molecule has 0 aliphatic carbocycles. The third-order valence-corrected chi connectivity index (χ3v) is 2.56. The maximum absolute atomic E-state index is 4.24. The molecule has 1 aromatic heterocycles. The fourth-order valence-corrected chi connectivity index (χ4v) is 1.60.